The molecule has 0 unspecified atom stereocenters. The van der Waals surface area contributed by atoms with Gasteiger partial charge in [0, 0.05) is 6.92 Å². The Morgan fingerprint density at radius 3 is 2.74 bits per heavy atom. The van der Waals surface area contributed by atoms with Gasteiger partial charge in [-0.2, -0.15) is 0 Å². The number of nitrogens with one attached hydrogen (secondary N) is 2. The number of aromatic carboxylic acids is 1. The second-order valence-corrected chi connectivity index (χ2v) is 5.37. The minimum absolute atomic E-state index is 0.161. The van der Waals surface area contributed by atoms with E-state index in [-0.39, 0.29) is 11.5 Å². The van der Waals surface area contributed by atoms with Crippen LogP contribution in [0.4, 0.5) is 5.69 Å². The first-order valence-corrected chi connectivity index (χ1v) is 7.13. The number of carbonyl (C=O) groups is 2. The Kier molecular flexibility index (Phi) is 3.75. The Morgan fingerprint density at radius 2 is 2.04 bits per heavy atom. The van der Waals surface area contributed by atoms with Gasteiger partial charge in [-0.1, -0.05) is 17.7 Å². The van der Waals surface area contributed by atoms with Crippen LogP contribution in [0.15, 0.2) is 36.4 Å². The molecule has 0 aliphatic heterocycles. The fourth-order valence-electron chi connectivity index (χ4n) is 2.32. The number of H-pyrrole nitrogens is 1. The van der Waals surface area contributed by atoms with Crippen LogP contribution in [0.5, 0.6) is 0 Å². The molecule has 0 bridgehead atoms. The van der Waals surface area contributed by atoms with Gasteiger partial charge in [0.15, 0.2) is 0 Å². The van der Waals surface area contributed by atoms with Gasteiger partial charge in [-0.3, -0.25) is 4.79 Å². The summed E-state index contributed by atoms with van der Waals surface area (Å²) in [5.41, 5.74) is 2.43. The van der Waals surface area contributed by atoms with Crippen molar-refractivity contribution in [3.8, 4) is 11.4 Å². The van der Waals surface area contributed by atoms with E-state index in [1.807, 2.05) is 0 Å². The van der Waals surface area contributed by atoms with Gasteiger partial charge in [0.05, 0.1) is 32.9 Å². The van der Waals surface area contributed by atoms with E-state index in [4.69, 9.17) is 16.7 Å². The number of fused-ring (bicyclic) bond motifs is 1. The number of halogens is 1. The van der Waals surface area contributed by atoms with Gasteiger partial charge in [-0.05, 0) is 30.3 Å². The van der Waals surface area contributed by atoms with E-state index in [1.54, 1.807) is 24.3 Å². The van der Waals surface area contributed by atoms with Gasteiger partial charge in [-0.15, -0.1) is 0 Å². The Hall–Kier alpha value is -2.86. The van der Waals surface area contributed by atoms with Gasteiger partial charge < -0.3 is 15.4 Å². The zero-order chi connectivity index (χ0) is 16.6. The number of rotatable bonds is 3. The highest BCUT2D eigenvalue weighted by Gasteiger charge is 2.15. The van der Waals surface area contributed by atoms with Crippen LogP contribution in [-0.2, 0) is 4.79 Å². The molecule has 1 amide bonds. The first-order valence-electron chi connectivity index (χ1n) is 6.75. The first-order chi connectivity index (χ1) is 11.0. The lowest BCUT2D eigenvalue weighted by Gasteiger charge is -2.09. The van der Waals surface area contributed by atoms with Crippen molar-refractivity contribution in [3.63, 3.8) is 0 Å². The summed E-state index contributed by atoms with van der Waals surface area (Å²) >= 11 is 6.25. The van der Waals surface area contributed by atoms with Crippen LogP contribution in [0.1, 0.15) is 17.3 Å². The maximum Gasteiger partial charge on any atom is 0.335 e. The first kappa shape index (κ1) is 15.1. The predicted molar refractivity (Wildman–Crippen MR) is 87.8 cm³/mol. The molecule has 3 rings (SSSR count). The molecule has 0 fully saturated rings. The van der Waals surface area contributed by atoms with E-state index >= 15 is 0 Å². The van der Waals surface area contributed by atoms with Crippen LogP contribution in [0.3, 0.4) is 0 Å². The molecule has 3 aromatic rings. The maximum absolute atomic E-state index is 11.3. The van der Waals surface area contributed by atoms with E-state index in [0.717, 1.165) is 0 Å². The SMILES string of the molecule is CC(=O)Nc1cccc(Cl)c1-c1nc2ccc(C(=O)O)cc2[nH]1. The van der Waals surface area contributed by atoms with Crippen molar-refractivity contribution in [1.82, 2.24) is 9.97 Å². The molecule has 3 N–H and O–H groups in total. The molecule has 0 saturated carbocycles. The molecule has 7 heteroatoms. The number of amides is 1. The molecule has 23 heavy (non-hydrogen) atoms. The molecular formula is C16H12ClN3O3. The van der Waals surface area contributed by atoms with Crippen molar-refractivity contribution in [2.45, 2.75) is 6.92 Å². The van der Waals surface area contributed by atoms with Crippen molar-refractivity contribution in [2.24, 2.45) is 0 Å². The number of hydrogen-bond acceptors (Lipinski definition) is 3. The molecular weight excluding hydrogens is 318 g/mol. The van der Waals surface area contributed by atoms with Crippen molar-refractivity contribution in [3.05, 3.63) is 47.0 Å². The minimum atomic E-state index is -1.01. The van der Waals surface area contributed by atoms with E-state index in [1.165, 1.54) is 19.1 Å². The highest BCUT2D eigenvalue weighted by molar-refractivity contribution is 6.34. The molecule has 6 nitrogen and oxygen atoms in total. The minimum Gasteiger partial charge on any atom is -0.478 e. The number of imidazole rings is 1. The van der Waals surface area contributed by atoms with Crippen molar-refractivity contribution < 1.29 is 14.7 Å². The summed E-state index contributed by atoms with van der Waals surface area (Å²) in [7, 11) is 0. The van der Waals surface area contributed by atoms with Gasteiger partial charge in [-0.25, -0.2) is 9.78 Å². The number of nitrogens with zero attached hydrogens (tertiary/aromatic N) is 1. The quantitative estimate of drug-likeness (QED) is 0.685. The molecule has 0 spiro atoms. The summed E-state index contributed by atoms with van der Waals surface area (Å²) < 4.78 is 0. The zero-order valence-electron chi connectivity index (χ0n) is 12.1. The van der Waals surface area contributed by atoms with Crippen molar-refractivity contribution in [1.29, 1.82) is 0 Å². The van der Waals surface area contributed by atoms with Crippen LogP contribution < -0.4 is 5.32 Å². The number of anilines is 1. The number of carboxylic acid groups (broad SMARTS) is 1. The highest BCUT2D eigenvalue weighted by atomic mass is 35.5. The van der Waals surface area contributed by atoms with Gasteiger partial charge >= 0.3 is 5.97 Å². The second kappa shape index (κ2) is 5.73. The predicted octanol–water partition coefficient (Wildman–Crippen LogP) is 3.54. The number of benzene rings is 2. The van der Waals surface area contributed by atoms with Gasteiger partial charge in [0.1, 0.15) is 5.82 Å². The average Bonchev–Trinajstić information content (AvgIpc) is 2.88. The summed E-state index contributed by atoms with van der Waals surface area (Å²) in [6.07, 6.45) is 0. The van der Waals surface area contributed by atoms with Gasteiger partial charge in [0.25, 0.3) is 0 Å². The lowest BCUT2D eigenvalue weighted by atomic mass is 10.1. The Morgan fingerprint density at radius 1 is 1.26 bits per heavy atom. The lowest BCUT2D eigenvalue weighted by molar-refractivity contribution is -0.114. The van der Waals surface area contributed by atoms with E-state index in [2.05, 4.69) is 15.3 Å². The van der Waals surface area contributed by atoms with E-state index < -0.39 is 5.97 Å². The molecule has 1 heterocycles. The zero-order valence-corrected chi connectivity index (χ0v) is 12.8. The molecule has 1 aromatic heterocycles. The van der Waals surface area contributed by atoms with E-state index in [9.17, 15) is 9.59 Å². The fraction of sp³-hybridized carbons (Fsp3) is 0.0625. The van der Waals surface area contributed by atoms with Crippen LogP contribution >= 0.6 is 11.6 Å². The maximum atomic E-state index is 11.3. The standard InChI is InChI=1S/C16H12ClN3O3/c1-8(21)18-12-4-2-3-10(17)14(12)15-19-11-6-5-9(16(22)23)7-13(11)20-15/h2-7H,1H3,(H,18,21)(H,19,20)(H,22,23). The van der Waals surface area contributed by atoms with Crippen molar-refractivity contribution >= 4 is 40.2 Å². The Labute approximate surface area is 136 Å². The molecule has 0 aliphatic rings. The van der Waals surface area contributed by atoms with Gasteiger partial charge in [0.2, 0.25) is 5.91 Å². The Bertz CT molecular complexity index is 933. The van der Waals surface area contributed by atoms with Crippen LogP contribution in [0, 0.1) is 0 Å². The monoisotopic (exact) mass is 329 g/mol. The highest BCUT2D eigenvalue weighted by Crippen LogP contribution is 2.34. The smallest absolute Gasteiger partial charge is 0.335 e. The summed E-state index contributed by atoms with van der Waals surface area (Å²) in [5, 5.41) is 12.2. The summed E-state index contributed by atoms with van der Waals surface area (Å²) in [6, 6.07) is 9.74. The molecule has 0 saturated heterocycles. The number of carbonyl (C=O) groups excluding carboxylic acids is 1. The van der Waals surface area contributed by atoms with Crippen molar-refractivity contribution in [2.75, 3.05) is 5.32 Å². The third kappa shape index (κ3) is 2.89. The molecule has 0 radical (unpaired) electrons. The number of carboxylic acids is 1. The normalized spacial score (nSPS) is 10.7. The second-order valence-electron chi connectivity index (χ2n) is 4.97. The average molecular weight is 330 g/mol. The molecule has 0 aliphatic carbocycles. The van der Waals surface area contributed by atoms with Crippen LogP contribution in [0.2, 0.25) is 5.02 Å². The third-order valence-corrected chi connectivity index (χ3v) is 3.60. The lowest BCUT2D eigenvalue weighted by Crippen LogP contribution is -2.07. The van der Waals surface area contributed by atoms with E-state index in [0.29, 0.717) is 33.1 Å². The molecule has 116 valence electrons. The Balaban J connectivity index is 2.17. The summed E-state index contributed by atoms with van der Waals surface area (Å²) in [5.74, 6) is -0.783. The number of hydrogen-bond donors (Lipinski definition) is 3. The molecule has 2 aromatic carbocycles. The largest absolute Gasteiger partial charge is 0.478 e. The fourth-order valence-corrected chi connectivity index (χ4v) is 2.58. The third-order valence-electron chi connectivity index (χ3n) is 3.29. The van der Waals surface area contributed by atoms with Crippen LogP contribution in [-0.4, -0.2) is 27.0 Å². The summed E-state index contributed by atoms with van der Waals surface area (Å²) in [6.45, 7) is 1.41. The topological polar surface area (TPSA) is 95.1 Å². The number of aromatic amines is 1. The summed E-state index contributed by atoms with van der Waals surface area (Å²) in [4.78, 5) is 29.9. The number of aromatic nitrogens is 2. The molecule has 0 atom stereocenters. The van der Waals surface area contributed by atoms with Crippen LogP contribution in [0.25, 0.3) is 22.4 Å².